The van der Waals surface area contributed by atoms with Crippen LogP contribution in [0.1, 0.15) is 20.3 Å². The van der Waals surface area contributed by atoms with E-state index >= 15 is 0 Å². The zero-order valence-electron chi connectivity index (χ0n) is 8.26. The Morgan fingerprint density at radius 2 is 2.08 bits per heavy atom. The summed E-state index contributed by atoms with van der Waals surface area (Å²) in [5.74, 6) is -0.186. The van der Waals surface area contributed by atoms with Gasteiger partial charge in [0.15, 0.2) is 0 Å². The van der Waals surface area contributed by atoms with E-state index in [9.17, 15) is 4.79 Å². The van der Waals surface area contributed by atoms with Crippen molar-refractivity contribution in [2.24, 2.45) is 0 Å². The van der Waals surface area contributed by atoms with E-state index in [4.69, 9.17) is 4.74 Å². The zero-order valence-corrected chi connectivity index (χ0v) is 8.26. The van der Waals surface area contributed by atoms with Crippen molar-refractivity contribution in [3.8, 4) is 0 Å². The number of carbonyl (C=O) groups excluding carboxylic acids is 1. The van der Waals surface area contributed by atoms with Gasteiger partial charge in [-0.2, -0.15) is 0 Å². The van der Waals surface area contributed by atoms with E-state index in [0.29, 0.717) is 6.61 Å². The van der Waals surface area contributed by atoms with Gasteiger partial charge >= 0.3 is 5.97 Å². The quantitative estimate of drug-likeness (QED) is 0.484. The van der Waals surface area contributed by atoms with Crippen molar-refractivity contribution in [2.75, 3.05) is 20.7 Å². The lowest BCUT2D eigenvalue weighted by atomic mass is 10.2. The monoisotopic (exact) mass is 174 g/mol. The molecule has 0 spiro atoms. The Hall–Kier alpha value is -0.610. The first kappa shape index (κ1) is 11.4. The molecule has 0 aromatic carbocycles. The Labute approximate surface area is 73.8 Å². The minimum atomic E-state index is -0.222. The first-order chi connectivity index (χ1) is 5.61. The summed E-state index contributed by atoms with van der Waals surface area (Å²) in [6.07, 6.45) is 0.733. The van der Waals surface area contributed by atoms with E-state index < -0.39 is 0 Å². The van der Waals surface area contributed by atoms with Gasteiger partial charge in [-0.3, -0.25) is 4.79 Å². The topological polar surface area (TPSA) is 41.6 Å². The standard InChI is InChI=1S/C8H18N2O2/c1-5-7(9-10(3)4)8(11)12-6-2/h7,9H,5-6H2,1-4H3. The van der Waals surface area contributed by atoms with Gasteiger partial charge in [0, 0.05) is 14.1 Å². The Bertz CT molecular complexity index is 137. The highest BCUT2D eigenvalue weighted by atomic mass is 16.5. The second kappa shape index (κ2) is 5.97. The van der Waals surface area contributed by atoms with E-state index in [0.717, 1.165) is 6.42 Å². The molecule has 0 bridgehead atoms. The molecule has 0 aliphatic rings. The molecule has 4 nitrogen and oxygen atoms in total. The molecule has 1 N–H and O–H groups in total. The van der Waals surface area contributed by atoms with E-state index in [-0.39, 0.29) is 12.0 Å². The van der Waals surface area contributed by atoms with Crippen LogP contribution in [-0.2, 0) is 9.53 Å². The van der Waals surface area contributed by atoms with Gasteiger partial charge in [-0.15, -0.1) is 0 Å². The molecule has 0 saturated heterocycles. The fraction of sp³-hybridized carbons (Fsp3) is 0.875. The Kier molecular flexibility index (Phi) is 5.66. The molecule has 72 valence electrons. The maximum atomic E-state index is 11.2. The summed E-state index contributed by atoms with van der Waals surface area (Å²) in [5, 5.41) is 1.76. The summed E-state index contributed by atoms with van der Waals surface area (Å²) in [6.45, 7) is 4.18. The highest BCUT2D eigenvalue weighted by Crippen LogP contribution is 1.94. The number of nitrogens with zero attached hydrogens (tertiary/aromatic N) is 1. The summed E-state index contributed by atoms with van der Waals surface area (Å²) in [4.78, 5) is 11.2. The first-order valence-electron chi connectivity index (χ1n) is 4.21. The number of hydrogen-bond donors (Lipinski definition) is 1. The number of ether oxygens (including phenoxy) is 1. The van der Waals surface area contributed by atoms with Gasteiger partial charge in [-0.1, -0.05) is 6.92 Å². The summed E-state index contributed by atoms with van der Waals surface area (Å²) < 4.78 is 4.87. The van der Waals surface area contributed by atoms with Crippen LogP contribution in [0.25, 0.3) is 0 Å². The molecule has 0 heterocycles. The zero-order chi connectivity index (χ0) is 9.56. The maximum Gasteiger partial charge on any atom is 0.324 e. The van der Waals surface area contributed by atoms with Crippen molar-refractivity contribution in [1.29, 1.82) is 0 Å². The third-order valence-electron chi connectivity index (χ3n) is 1.39. The molecule has 4 heteroatoms. The van der Waals surface area contributed by atoms with E-state index in [1.165, 1.54) is 0 Å². The first-order valence-corrected chi connectivity index (χ1v) is 4.21. The van der Waals surface area contributed by atoms with Crippen LogP contribution in [0.3, 0.4) is 0 Å². The van der Waals surface area contributed by atoms with Crippen LogP contribution in [0, 0.1) is 0 Å². The Balaban J connectivity index is 3.87. The SMILES string of the molecule is CCOC(=O)C(CC)NN(C)C. The Morgan fingerprint density at radius 1 is 1.50 bits per heavy atom. The number of hydrogen-bond acceptors (Lipinski definition) is 4. The van der Waals surface area contributed by atoms with Gasteiger partial charge in [-0.25, -0.2) is 10.4 Å². The molecule has 0 rings (SSSR count). The fourth-order valence-corrected chi connectivity index (χ4v) is 0.865. The highest BCUT2D eigenvalue weighted by molar-refractivity contribution is 5.75. The van der Waals surface area contributed by atoms with Gasteiger partial charge in [0.1, 0.15) is 6.04 Å². The lowest BCUT2D eigenvalue weighted by Crippen LogP contribution is -2.45. The predicted octanol–water partition coefficient (Wildman–Crippen LogP) is 0.394. The molecule has 0 aliphatic heterocycles. The smallest absolute Gasteiger partial charge is 0.324 e. The normalized spacial score (nSPS) is 13.1. The van der Waals surface area contributed by atoms with Crippen molar-refractivity contribution in [3.63, 3.8) is 0 Å². The predicted molar refractivity (Wildman–Crippen MR) is 47.5 cm³/mol. The maximum absolute atomic E-state index is 11.2. The van der Waals surface area contributed by atoms with Gasteiger partial charge in [0.25, 0.3) is 0 Å². The molecular formula is C8H18N2O2. The molecule has 1 atom stereocenters. The van der Waals surface area contributed by atoms with Crippen molar-refractivity contribution < 1.29 is 9.53 Å². The van der Waals surface area contributed by atoms with Crippen molar-refractivity contribution in [3.05, 3.63) is 0 Å². The van der Waals surface area contributed by atoms with Crippen molar-refractivity contribution in [1.82, 2.24) is 10.4 Å². The second-order valence-corrected chi connectivity index (χ2v) is 2.74. The average molecular weight is 174 g/mol. The minimum Gasteiger partial charge on any atom is -0.465 e. The molecule has 0 aliphatic carbocycles. The number of rotatable bonds is 5. The molecule has 1 unspecified atom stereocenters. The van der Waals surface area contributed by atoms with Crippen molar-refractivity contribution >= 4 is 5.97 Å². The highest BCUT2D eigenvalue weighted by Gasteiger charge is 2.16. The average Bonchev–Trinajstić information content (AvgIpc) is 2.00. The van der Waals surface area contributed by atoms with Crippen LogP contribution in [0.5, 0.6) is 0 Å². The van der Waals surface area contributed by atoms with Crippen molar-refractivity contribution in [2.45, 2.75) is 26.3 Å². The third kappa shape index (κ3) is 4.31. The summed E-state index contributed by atoms with van der Waals surface area (Å²) in [5.41, 5.74) is 2.97. The molecular weight excluding hydrogens is 156 g/mol. The lowest BCUT2D eigenvalue weighted by molar-refractivity contribution is -0.147. The molecule has 12 heavy (non-hydrogen) atoms. The van der Waals surface area contributed by atoms with Crippen LogP contribution in [0.4, 0.5) is 0 Å². The van der Waals surface area contributed by atoms with Crippen LogP contribution in [-0.4, -0.2) is 37.7 Å². The summed E-state index contributed by atoms with van der Waals surface area (Å²) in [7, 11) is 3.70. The molecule has 0 radical (unpaired) electrons. The molecule has 0 fully saturated rings. The molecule has 0 amide bonds. The number of esters is 1. The van der Waals surface area contributed by atoms with Crippen LogP contribution in [0.15, 0.2) is 0 Å². The van der Waals surface area contributed by atoms with Crippen LogP contribution >= 0.6 is 0 Å². The molecule has 0 aromatic heterocycles. The lowest BCUT2D eigenvalue weighted by Gasteiger charge is -2.19. The van der Waals surface area contributed by atoms with E-state index in [1.54, 1.807) is 11.9 Å². The molecule has 0 aromatic rings. The van der Waals surface area contributed by atoms with Gasteiger partial charge in [0.2, 0.25) is 0 Å². The minimum absolute atomic E-state index is 0.186. The largest absolute Gasteiger partial charge is 0.465 e. The molecule has 0 saturated carbocycles. The third-order valence-corrected chi connectivity index (χ3v) is 1.39. The fourth-order valence-electron chi connectivity index (χ4n) is 0.865. The van der Waals surface area contributed by atoms with Gasteiger partial charge < -0.3 is 4.74 Å². The van der Waals surface area contributed by atoms with Crippen LogP contribution in [0.2, 0.25) is 0 Å². The summed E-state index contributed by atoms with van der Waals surface area (Å²) >= 11 is 0. The Morgan fingerprint density at radius 3 is 2.42 bits per heavy atom. The number of hydrazine groups is 1. The number of carbonyl (C=O) groups is 1. The number of nitrogens with one attached hydrogen (secondary N) is 1. The second-order valence-electron chi connectivity index (χ2n) is 2.74. The van der Waals surface area contributed by atoms with E-state index in [1.807, 2.05) is 21.0 Å². The van der Waals surface area contributed by atoms with Crippen LogP contribution < -0.4 is 5.43 Å². The van der Waals surface area contributed by atoms with Gasteiger partial charge in [0.05, 0.1) is 6.61 Å². The summed E-state index contributed by atoms with van der Waals surface area (Å²) in [6, 6.07) is -0.222. The van der Waals surface area contributed by atoms with E-state index in [2.05, 4.69) is 5.43 Å². The van der Waals surface area contributed by atoms with Gasteiger partial charge in [-0.05, 0) is 13.3 Å².